The zero-order chi connectivity index (χ0) is 29.7. The lowest BCUT2D eigenvalue weighted by Gasteiger charge is -2.39. The van der Waals surface area contributed by atoms with Gasteiger partial charge in [0.15, 0.2) is 5.69 Å². The fraction of sp³-hybridized carbons (Fsp3) is 0.640. The van der Waals surface area contributed by atoms with Crippen LogP contribution in [0.1, 0.15) is 73.3 Å². The van der Waals surface area contributed by atoms with Crippen molar-refractivity contribution in [2.24, 2.45) is 5.92 Å². The summed E-state index contributed by atoms with van der Waals surface area (Å²) in [7, 11) is 0. The van der Waals surface area contributed by atoms with E-state index >= 15 is 0 Å². The quantitative estimate of drug-likeness (QED) is 0.503. The van der Waals surface area contributed by atoms with Crippen LogP contribution >= 0.6 is 0 Å². The highest BCUT2D eigenvalue weighted by Gasteiger charge is 2.58. The van der Waals surface area contributed by atoms with E-state index in [-0.39, 0.29) is 37.6 Å². The number of hydrogen-bond acceptors (Lipinski definition) is 8. The highest BCUT2D eigenvalue weighted by atomic mass is 19.4. The van der Waals surface area contributed by atoms with Crippen LogP contribution in [0.4, 0.5) is 32.0 Å². The summed E-state index contributed by atoms with van der Waals surface area (Å²) in [4.78, 5) is 33.0. The third-order valence-corrected chi connectivity index (χ3v) is 7.85. The second kappa shape index (κ2) is 10.4. The molecule has 1 saturated heterocycles. The molecule has 0 unspecified atom stereocenters. The molecular weight excluding hydrogens is 562 g/mol. The van der Waals surface area contributed by atoms with Gasteiger partial charge in [-0.3, -0.25) is 9.59 Å². The maximum atomic E-state index is 14.1. The summed E-state index contributed by atoms with van der Waals surface area (Å²) in [5.41, 5.74) is -1.45. The highest BCUT2D eigenvalue weighted by Crippen LogP contribution is 2.44. The lowest BCUT2D eigenvalue weighted by Crippen LogP contribution is -2.50. The molecule has 10 nitrogen and oxygen atoms in total. The van der Waals surface area contributed by atoms with Gasteiger partial charge in [0.1, 0.15) is 5.69 Å². The molecule has 0 radical (unpaired) electrons. The van der Waals surface area contributed by atoms with Gasteiger partial charge in [-0.25, -0.2) is 4.98 Å². The van der Waals surface area contributed by atoms with Gasteiger partial charge >= 0.3 is 12.4 Å². The zero-order valence-corrected chi connectivity index (χ0v) is 21.8. The van der Waals surface area contributed by atoms with Crippen molar-refractivity contribution in [1.82, 2.24) is 25.0 Å². The van der Waals surface area contributed by atoms with Crippen molar-refractivity contribution in [3.05, 3.63) is 23.2 Å². The average Bonchev–Trinajstić information content (AvgIpc) is 3.64. The average molecular weight is 591 g/mol. The van der Waals surface area contributed by atoms with Crippen molar-refractivity contribution in [2.45, 2.75) is 75.4 Å². The largest absolute Gasteiger partial charge is 0.426 e. The molecule has 2 amide bonds. The summed E-state index contributed by atoms with van der Waals surface area (Å²) in [5, 5.41) is 17.3. The van der Waals surface area contributed by atoms with Gasteiger partial charge in [0.25, 0.3) is 17.7 Å². The molecule has 2 aromatic heterocycles. The molecule has 3 aliphatic rings. The van der Waals surface area contributed by atoms with Crippen LogP contribution in [0, 0.1) is 5.92 Å². The number of rotatable bonds is 2. The number of amides is 2. The van der Waals surface area contributed by atoms with Crippen LogP contribution in [0.5, 0.6) is 0 Å². The fourth-order valence-electron chi connectivity index (χ4n) is 5.35. The number of nitrogens with zero attached hydrogens (tertiary/aromatic N) is 5. The van der Waals surface area contributed by atoms with E-state index in [0.717, 1.165) is 12.8 Å². The minimum atomic E-state index is -5.20. The maximum absolute atomic E-state index is 14.1. The molecule has 4 heterocycles. The minimum absolute atomic E-state index is 0.00449. The van der Waals surface area contributed by atoms with Gasteiger partial charge in [-0.15, -0.1) is 10.2 Å². The first-order chi connectivity index (χ1) is 19.2. The number of halogens is 6. The monoisotopic (exact) mass is 590 g/mol. The second-order valence-corrected chi connectivity index (χ2v) is 10.7. The molecule has 1 atom stereocenters. The molecule has 0 spiro atoms. The number of nitrogen functional groups attached to an aromatic ring is 1. The van der Waals surface area contributed by atoms with Crippen molar-refractivity contribution in [1.29, 1.82) is 0 Å². The predicted molar refractivity (Wildman–Crippen MR) is 129 cm³/mol. The number of carbonyl (C=O) groups excluding carboxylic acids is 2. The number of pyridine rings is 1. The Balaban J connectivity index is 1.55. The lowest BCUT2D eigenvalue weighted by molar-refractivity contribution is -0.277. The van der Waals surface area contributed by atoms with Crippen molar-refractivity contribution >= 4 is 17.5 Å². The molecule has 4 bridgehead atoms. The van der Waals surface area contributed by atoms with Crippen molar-refractivity contribution < 1.29 is 45.5 Å². The van der Waals surface area contributed by atoms with Crippen molar-refractivity contribution in [2.75, 3.05) is 25.4 Å². The molecule has 0 aromatic carbocycles. The molecule has 2 fully saturated rings. The molecule has 224 valence electrons. The van der Waals surface area contributed by atoms with Gasteiger partial charge in [0.05, 0.1) is 11.3 Å². The molecular formula is C25H28F6N6O4. The number of nitrogens with two attached hydrogens (primary N) is 1. The van der Waals surface area contributed by atoms with E-state index in [1.54, 1.807) is 4.90 Å². The van der Waals surface area contributed by atoms with E-state index in [1.807, 2.05) is 0 Å². The van der Waals surface area contributed by atoms with Crippen LogP contribution in [0.15, 0.2) is 10.5 Å². The van der Waals surface area contributed by atoms with Crippen LogP contribution in [-0.4, -0.2) is 73.8 Å². The summed E-state index contributed by atoms with van der Waals surface area (Å²) in [6.07, 6.45) is -8.72. The Labute approximate surface area is 229 Å². The number of aromatic nitrogens is 3. The molecule has 41 heavy (non-hydrogen) atoms. The van der Waals surface area contributed by atoms with Crippen LogP contribution in [-0.2, 0) is 16.6 Å². The van der Waals surface area contributed by atoms with E-state index in [0.29, 0.717) is 32.0 Å². The molecule has 2 aromatic rings. The Morgan fingerprint density at radius 3 is 2.29 bits per heavy atom. The molecule has 2 aliphatic heterocycles. The van der Waals surface area contributed by atoms with Crippen LogP contribution in [0.25, 0.3) is 11.6 Å². The summed E-state index contributed by atoms with van der Waals surface area (Å²) in [5.74, 6) is -3.00. The predicted octanol–water partition coefficient (Wildman–Crippen LogP) is 3.90. The van der Waals surface area contributed by atoms with E-state index in [4.69, 9.17) is 10.2 Å². The molecule has 5 rings (SSSR count). The van der Waals surface area contributed by atoms with Gasteiger partial charge in [-0.2, -0.15) is 26.3 Å². The number of aliphatic hydroxyl groups is 1. The normalized spacial score (nSPS) is 23.4. The van der Waals surface area contributed by atoms with Crippen LogP contribution < -0.4 is 5.73 Å². The number of hydrogen-bond donors (Lipinski definition) is 2. The lowest BCUT2D eigenvalue weighted by atomic mass is 9.94. The Morgan fingerprint density at radius 1 is 1.00 bits per heavy atom. The van der Waals surface area contributed by atoms with Crippen molar-refractivity contribution in [3.8, 4) is 11.6 Å². The molecule has 1 aliphatic carbocycles. The van der Waals surface area contributed by atoms with E-state index in [2.05, 4.69) is 15.2 Å². The first-order valence-electron chi connectivity index (χ1n) is 13.3. The Hall–Kier alpha value is -3.43. The number of anilines is 1. The summed E-state index contributed by atoms with van der Waals surface area (Å²) < 4.78 is 89.1. The van der Waals surface area contributed by atoms with E-state index in [1.165, 1.54) is 4.90 Å². The minimum Gasteiger partial charge on any atom is -0.416 e. The number of piperidine rings is 1. The number of fused-ring (bicyclic) bond motifs is 5. The molecule has 16 heteroatoms. The van der Waals surface area contributed by atoms with Crippen LogP contribution in [0.2, 0.25) is 0 Å². The number of likely N-dealkylation sites (tertiary alicyclic amines) is 1. The first-order valence-corrected chi connectivity index (χ1v) is 13.3. The summed E-state index contributed by atoms with van der Waals surface area (Å²) in [6.45, 7) is 0.570. The maximum Gasteiger partial charge on any atom is 0.426 e. The van der Waals surface area contributed by atoms with E-state index < -0.39 is 70.7 Å². The molecule has 3 N–H and O–H groups in total. The number of carbonyl (C=O) groups is 2. The number of alkyl halides is 6. The molecule has 1 saturated carbocycles. The van der Waals surface area contributed by atoms with Gasteiger partial charge < -0.3 is 25.1 Å². The Kier molecular flexibility index (Phi) is 7.40. The SMILES string of the molecule is Nc1cc(C(F)(F)F)c2nc1-c1nnc(o1)[C@@](O)(C(F)(F)F)CCCCCN(C1CCN(C(=O)C3CC3)CC1)C2=O. The van der Waals surface area contributed by atoms with Gasteiger partial charge in [-0.1, -0.05) is 6.42 Å². The third kappa shape index (κ3) is 5.57. The van der Waals surface area contributed by atoms with Gasteiger partial charge in [0, 0.05) is 31.6 Å². The smallest absolute Gasteiger partial charge is 0.416 e. The standard InChI is InChI=1S/C25H28F6N6O4/c26-24(27,28)15-12-16(32)18-19-34-35-22(41-19)23(40,25(29,30)31)8-2-1-3-9-37(21(39)17(15)33-18)14-6-10-36(11-7-14)20(38)13-4-5-13/h12-14,40H,1-11,32H2/t23-/m1/s1. The summed E-state index contributed by atoms with van der Waals surface area (Å²) in [6, 6.07) is -0.0826. The summed E-state index contributed by atoms with van der Waals surface area (Å²) >= 11 is 0. The first kappa shape index (κ1) is 29.1. The van der Waals surface area contributed by atoms with Crippen LogP contribution in [0.3, 0.4) is 0 Å². The zero-order valence-electron chi connectivity index (χ0n) is 21.8. The second-order valence-electron chi connectivity index (χ2n) is 10.7. The Morgan fingerprint density at radius 2 is 1.68 bits per heavy atom. The van der Waals surface area contributed by atoms with Gasteiger partial charge in [-0.05, 0) is 51.0 Å². The third-order valence-electron chi connectivity index (χ3n) is 7.85. The fourth-order valence-corrected chi connectivity index (χ4v) is 5.35. The highest BCUT2D eigenvalue weighted by molar-refractivity contribution is 5.95. The van der Waals surface area contributed by atoms with E-state index in [9.17, 15) is 41.0 Å². The topological polar surface area (TPSA) is 139 Å². The Bertz CT molecular complexity index is 1320. The van der Waals surface area contributed by atoms with Gasteiger partial charge in [0.2, 0.25) is 11.5 Å². The van der Waals surface area contributed by atoms with Crippen molar-refractivity contribution in [3.63, 3.8) is 0 Å².